The first-order valence-electron chi connectivity index (χ1n) is 7.08. The summed E-state index contributed by atoms with van der Waals surface area (Å²) in [6.07, 6.45) is 3.61. The van der Waals surface area contributed by atoms with Gasteiger partial charge in [-0.2, -0.15) is 0 Å². The van der Waals surface area contributed by atoms with Crippen LogP contribution in [0.25, 0.3) is 6.08 Å². The van der Waals surface area contributed by atoms with E-state index in [0.29, 0.717) is 24.0 Å². The number of hydrogen-bond donors (Lipinski definition) is 1. The number of amides is 1. The predicted molar refractivity (Wildman–Crippen MR) is 87.7 cm³/mol. The number of thiocarbonyl (C=S) groups is 1. The van der Waals surface area contributed by atoms with Gasteiger partial charge in [0.1, 0.15) is 5.70 Å². The zero-order chi connectivity index (χ0) is 15.2. The minimum atomic E-state index is -0.0735. The molecule has 1 aromatic carbocycles. The first-order valence-corrected chi connectivity index (χ1v) is 7.49. The Balaban J connectivity index is 2.08. The van der Waals surface area contributed by atoms with E-state index in [0.717, 1.165) is 18.4 Å². The lowest BCUT2D eigenvalue weighted by molar-refractivity contribution is -0.122. The van der Waals surface area contributed by atoms with Crippen molar-refractivity contribution in [2.24, 2.45) is 0 Å². The van der Waals surface area contributed by atoms with Crippen LogP contribution in [0.15, 0.2) is 30.0 Å². The molecule has 0 atom stereocenters. The van der Waals surface area contributed by atoms with E-state index in [2.05, 4.69) is 24.4 Å². The van der Waals surface area contributed by atoms with Crippen molar-refractivity contribution >= 4 is 29.3 Å². The Kier molecular flexibility index (Phi) is 5.47. The zero-order valence-electron chi connectivity index (χ0n) is 12.4. The quantitative estimate of drug-likeness (QED) is 0.498. The lowest BCUT2D eigenvalue weighted by Crippen LogP contribution is -2.32. The number of nitrogens with zero attached hydrogens (tertiary/aromatic N) is 1. The molecule has 1 amide bonds. The average Bonchev–Trinajstić information content (AvgIpc) is 2.75. The Morgan fingerprint density at radius 3 is 2.67 bits per heavy atom. The minimum Gasteiger partial charge on any atom is -0.385 e. The second kappa shape index (κ2) is 7.33. The highest BCUT2D eigenvalue weighted by Crippen LogP contribution is 2.15. The predicted octanol–water partition coefficient (Wildman–Crippen LogP) is 2.34. The van der Waals surface area contributed by atoms with Crippen LogP contribution in [0.5, 0.6) is 0 Å². The van der Waals surface area contributed by atoms with E-state index in [9.17, 15) is 4.79 Å². The normalized spacial score (nSPS) is 16.7. The summed E-state index contributed by atoms with van der Waals surface area (Å²) in [5.74, 6) is -0.0735. The van der Waals surface area contributed by atoms with Crippen molar-refractivity contribution in [2.75, 3.05) is 20.3 Å². The van der Waals surface area contributed by atoms with E-state index < -0.39 is 0 Å². The summed E-state index contributed by atoms with van der Waals surface area (Å²) in [5.41, 5.74) is 2.80. The van der Waals surface area contributed by atoms with Gasteiger partial charge in [-0.05, 0) is 42.3 Å². The molecule has 2 rings (SSSR count). The van der Waals surface area contributed by atoms with Gasteiger partial charge < -0.3 is 10.1 Å². The first-order chi connectivity index (χ1) is 10.2. The smallest absolute Gasteiger partial charge is 0.276 e. The third-order valence-electron chi connectivity index (χ3n) is 3.39. The third-order valence-corrected chi connectivity index (χ3v) is 3.71. The highest BCUT2D eigenvalue weighted by atomic mass is 32.1. The van der Waals surface area contributed by atoms with Crippen LogP contribution in [0.3, 0.4) is 0 Å². The summed E-state index contributed by atoms with van der Waals surface area (Å²) in [4.78, 5) is 13.9. The highest BCUT2D eigenvalue weighted by Gasteiger charge is 2.29. The number of methoxy groups -OCH3 is 1. The largest absolute Gasteiger partial charge is 0.385 e. The van der Waals surface area contributed by atoms with E-state index >= 15 is 0 Å². The Bertz CT molecular complexity index is 552. The number of benzene rings is 1. The molecule has 1 aliphatic rings. The summed E-state index contributed by atoms with van der Waals surface area (Å²) < 4.78 is 5.00. The molecule has 1 aromatic rings. The first kappa shape index (κ1) is 15.7. The molecule has 0 spiro atoms. The van der Waals surface area contributed by atoms with Crippen molar-refractivity contribution in [1.29, 1.82) is 0 Å². The lowest BCUT2D eigenvalue weighted by atomic mass is 10.1. The van der Waals surface area contributed by atoms with E-state index in [1.54, 1.807) is 12.0 Å². The fourth-order valence-corrected chi connectivity index (χ4v) is 2.44. The standard InChI is InChI=1S/C16H20N2O2S/c1-3-12-5-7-13(8-6-12)11-14-15(19)18(16(21)17-14)9-4-10-20-2/h5-8,11H,3-4,9-10H2,1-2H3,(H,17,21)/b14-11+. The van der Waals surface area contributed by atoms with Crippen LogP contribution < -0.4 is 5.32 Å². The number of nitrogens with one attached hydrogen (secondary N) is 1. The molecule has 1 aliphatic heterocycles. The molecule has 112 valence electrons. The molecule has 0 aliphatic carbocycles. The summed E-state index contributed by atoms with van der Waals surface area (Å²) in [6, 6.07) is 8.16. The molecule has 1 N–H and O–H groups in total. The van der Waals surface area contributed by atoms with Gasteiger partial charge in [0.2, 0.25) is 0 Å². The van der Waals surface area contributed by atoms with Crippen molar-refractivity contribution in [1.82, 2.24) is 10.2 Å². The topological polar surface area (TPSA) is 41.6 Å². The van der Waals surface area contributed by atoms with Crippen LogP contribution in [-0.2, 0) is 16.0 Å². The molecule has 4 nitrogen and oxygen atoms in total. The van der Waals surface area contributed by atoms with Gasteiger partial charge in [-0.3, -0.25) is 9.69 Å². The molecule has 0 bridgehead atoms. The van der Waals surface area contributed by atoms with Crippen LogP contribution in [0, 0.1) is 0 Å². The fourth-order valence-electron chi connectivity index (χ4n) is 2.16. The lowest BCUT2D eigenvalue weighted by Gasteiger charge is -2.12. The van der Waals surface area contributed by atoms with Gasteiger partial charge in [-0.15, -0.1) is 0 Å². The second-order valence-corrected chi connectivity index (χ2v) is 5.27. The molecule has 0 radical (unpaired) electrons. The molecule has 1 heterocycles. The highest BCUT2D eigenvalue weighted by molar-refractivity contribution is 7.80. The van der Waals surface area contributed by atoms with Gasteiger partial charge in [-0.25, -0.2) is 0 Å². The van der Waals surface area contributed by atoms with Crippen molar-refractivity contribution in [3.8, 4) is 0 Å². The summed E-state index contributed by atoms with van der Waals surface area (Å²) in [5, 5.41) is 3.45. The molecule has 0 saturated carbocycles. The zero-order valence-corrected chi connectivity index (χ0v) is 13.2. The molecule has 1 saturated heterocycles. The second-order valence-electron chi connectivity index (χ2n) is 4.89. The monoisotopic (exact) mass is 304 g/mol. The van der Waals surface area contributed by atoms with Gasteiger partial charge in [0.05, 0.1) is 0 Å². The van der Waals surface area contributed by atoms with Crippen LogP contribution in [0.4, 0.5) is 0 Å². The van der Waals surface area contributed by atoms with Crippen molar-refractivity contribution in [3.05, 3.63) is 41.1 Å². The van der Waals surface area contributed by atoms with Crippen LogP contribution in [-0.4, -0.2) is 36.2 Å². The molecular formula is C16H20N2O2S. The SMILES string of the molecule is CCc1ccc(/C=C2/NC(=S)N(CCCOC)C2=O)cc1. The van der Waals surface area contributed by atoms with Crippen LogP contribution >= 0.6 is 12.2 Å². The number of carbonyl (C=O) groups is 1. The number of ether oxygens (including phenoxy) is 1. The van der Waals surface area contributed by atoms with E-state index in [1.165, 1.54) is 5.56 Å². The molecule has 21 heavy (non-hydrogen) atoms. The Hall–Kier alpha value is -1.72. The molecule has 0 unspecified atom stereocenters. The fraction of sp³-hybridized carbons (Fsp3) is 0.375. The van der Waals surface area contributed by atoms with Gasteiger partial charge in [-0.1, -0.05) is 31.2 Å². The van der Waals surface area contributed by atoms with Gasteiger partial charge in [0, 0.05) is 20.3 Å². The molecule has 0 aromatic heterocycles. The van der Waals surface area contributed by atoms with E-state index in [4.69, 9.17) is 17.0 Å². The van der Waals surface area contributed by atoms with Gasteiger partial charge >= 0.3 is 0 Å². The maximum absolute atomic E-state index is 12.3. The maximum atomic E-state index is 12.3. The minimum absolute atomic E-state index is 0.0735. The molecule has 1 fully saturated rings. The molecule has 5 heteroatoms. The average molecular weight is 304 g/mol. The number of rotatable bonds is 6. The van der Waals surface area contributed by atoms with Gasteiger partial charge in [0.25, 0.3) is 5.91 Å². The van der Waals surface area contributed by atoms with E-state index in [-0.39, 0.29) is 5.91 Å². The van der Waals surface area contributed by atoms with Crippen molar-refractivity contribution in [3.63, 3.8) is 0 Å². The molecular weight excluding hydrogens is 284 g/mol. The Labute approximate surface area is 130 Å². The van der Waals surface area contributed by atoms with Crippen LogP contribution in [0.1, 0.15) is 24.5 Å². The Morgan fingerprint density at radius 1 is 1.33 bits per heavy atom. The number of hydrogen-bond acceptors (Lipinski definition) is 3. The summed E-state index contributed by atoms with van der Waals surface area (Å²) in [6.45, 7) is 3.31. The van der Waals surface area contributed by atoms with E-state index in [1.807, 2.05) is 18.2 Å². The Morgan fingerprint density at radius 2 is 2.05 bits per heavy atom. The number of aryl methyl sites for hydroxylation is 1. The summed E-state index contributed by atoms with van der Waals surface area (Å²) >= 11 is 5.21. The number of carbonyl (C=O) groups excluding carboxylic acids is 1. The van der Waals surface area contributed by atoms with Crippen LogP contribution in [0.2, 0.25) is 0 Å². The van der Waals surface area contributed by atoms with Gasteiger partial charge in [0.15, 0.2) is 5.11 Å². The third kappa shape index (κ3) is 3.89. The summed E-state index contributed by atoms with van der Waals surface area (Å²) in [7, 11) is 1.65. The maximum Gasteiger partial charge on any atom is 0.276 e. The van der Waals surface area contributed by atoms with Crippen molar-refractivity contribution in [2.45, 2.75) is 19.8 Å². The van der Waals surface area contributed by atoms with Crippen molar-refractivity contribution < 1.29 is 9.53 Å².